The average molecular weight is 202 g/mol. The van der Waals surface area contributed by atoms with E-state index < -0.39 is 0 Å². The van der Waals surface area contributed by atoms with Crippen LogP contribution < -0.4 is 0 Å². The summed E-state index contributed by atoms with van der Waals surface area (Å²) in [6, 6.07) is 0. The minimum atomic E-state index is 0. The summed E-state index contributed by atoms with van der Waals surface area (Å²) in [5.74, 6) is 0.655. The van der Waals surface area contributed by atoms with Gasteiger partial charge in [-0.05, 0) is 12.8 Å². The van der Waals surface area contributed by atoms with Crippen molar-refractivity contribution in [1.29, 1.82) is 0 Å². The van der Waals surface area contributed by atoms with E-state index in [1.54, 1.807) is 0 Å². The maximum Gasteiger partial charge on any atom is 0.147 e. The van der Waals surface area contributed by atoms with Gasteiger partial charge in [-0.2, -0.15) is 0 Å². The molecule has 4 atom stereocenters. The predicted molar refractivity (Wildman–Crippen MR) is 56.0 cm³/mol. The third-order valence-corrected chi connectivity index (χ3v) is 2.88. The van der Waals surface area contributed by atoms with Crippen LogP contribution in [-0.4, -0.2) is 25.3 Å². The molecular formula is C11H22O3. The fraction of sp³-hybridized carbons (Fsp3) is 0.909. The van der Waals surface area contributed by atoms with E-state index in [0.717, 1.165) is 6.29 Å². The molecule has 0 aliphatic carbocycles. The van der Waals surface area contributed by atoms with Gasteiger partial charge in [-0.3, -0.25) is 0 Å². The second kappa shape index (κ2) is 6.14. The molecule has 3 heteroatoms. The molecule has 0 N–H and O–H groups in total. The summed E-state index contributed by atoms with van der Waals surface area (Å²) in [5, 5.41) is 0. The molecule has 0 saturated carbocycles. The van der Waals surface area contributed by atoms with Crippen LogP contribution in [0.1, 0.15) is 34.6 Å². The first kappa shape index (κ1) is 13.6. The molecule has 4 unspecified atom stereocenters. The van der Waals surface area contributed by atoms with Crippen molar-refractivity contribution in [1.82, 2.24) is 0 Å². The molecule has 0 aromatic carbocycles. The van der Waals surface area contributed by atoms with Crippen LogP contribution in [0.3, 0.4) is 0 Å². The van der Waals surface area contributed by atoms with Gasteiger partial charge in [0.25, 0.3) is 0 Å². The Morgan fingerprint density at radius 2 is 2.07 bits per heavy atom. The van der Waals surface area contributed by atoms with E-state index >= 15 is 0 Å². The highest BCUT2D eigenvalue weighted by atomic mass is 16.7. The van der Waals surface area contributed by atoms with Gasteiger partial charge in [0.1, 0.15) is 13.1 Å². The fourth-order valence-corrected chi connectivity index (χ4v) is 1.76. The summed E-state index contributed by atoms with van der Waals surface area (Å²) in [4.78, 5) is 10.4. The van der Waals surface area contributed by atoms with Crippen molar-refractivity contribution < 1.29 is 14.3 Å². The zero-order valence-corrected chi connectivity index (χ0v) is 8.53. The van der Waals surface area contributed by atoms with E-state index in [4.69, 9.17) is 9.47 Å². The van der Waals surface area contributed by atoms with Crippen molar-refractivity contribution in [2.24, 2.45) is 11.8 Å². The summed E-state index contributed by atoms with van der Waals surface area (Å²) < 4.78 is 10.8. The standard InChI is InChI=1S/C10H18O3.CH4/c1-7(4-5-11)10-8(2)9(3)12-6-13-10;/h5,7-10H,4,6H2,1-3H3;1H4. The van der Waals surface area contributed by atoms with Crippen molar-refractivity contribution >= 4 is 6.29 Å². The molecule has 0 radical (unpaired) electrons. The van der Waals surface area contributed by atoms with Gasteiger partial charge in [0.15, 0.2) is 0 Å². The molecule has 14 heavy (non-hydrogen) atoms. The Balaban J connectivity index is 0.00000169. The smallest absolute Gasteiger partial charge is 0.147 e. The van der Waals surface area contributed by atoms with Gasteiger partial charge in [0.2, 0.25) is 0 Å². The molecule has 1 saturated heterocycles. The van der Waals surface area contributed by atoms with Gasteiger partial charge in [-0.1, -0.05) is 21.3 Å². The molecule has 84 valence electrons. The summed E-state index contributed by atoms with van der Waals surface area (Å²) in [5.41, 5.74) is 0. The van der Waals surface area contributed by atoms with Crippen LogP contribution in [0.15, 0.2) is 0 Å². The summed E-state index contributed by atoms with van der Waals surface area (Å²) in [7, 11) is 0. The Bertz CT molecular complexity index is 170. The average Bonchev–Trinajstić information content (AvgIpc) is 2.10. The molecular weight excluding hydrogens is 180 g/mol. The Morgan fingerprint density at radius 1 is 1.43 bits per heavy atom. The van der Waals surface area contributed by atoms with Gasteiger partial charge < -0.3 is 14.3 Å². The maximum atomic E-state index is 10.4. The van der Waals surface area contributed by atoms with E-state index in [0.29, 0.717) is 25.0 Å². The van der Waals surface area contributed by atoms with E-state index in [1.165, 1.54) is 0 Å². The SMILES string of the molecule is C.CC(CC=O)C1OCOC(C)C1C. The molecule has 1 rings (SSSR count). The molecule has 0 aromatic rings. The second-order valence-corrected chi connectivity index (χ2v) is 3.86. The lowest BCUT2D eigenvalue weighted by molar-refractivity contribution is -0.211. The number of hydrogen-bond donors (Lipinski definition) is 0. The van der Waals surface area contributed by atoms with Crippen LogP contribution in [0.4, 0.5) is 0 Å². The zero-order chi connectivity index (χ0) is 9.84. The van der Waals surface area contributed by atoms with Crippen molar-refractivity contribution in [3.63, 3.8) is 0 Å². The third-order valence-electron chi connectivity index (χ3n) is 2.88. The highest BCUT2D eigenvalue weighted by Gasteiger charge is 2.32. The number of carbonyl (C=O) groups excluding carboxylic acids is 1. The normalized spacial score (nSPS) is 34.4. The Hall–Kier alpha value is -0.410. The van der Waals surface area contributed by atoms with Crippen LogP contribution >= 0.6 is 0 Å². The monoisotopic (exact) mass is 202 g/mol. The van der Waals surface area contributed by atoms with Gasteiger partial charge in [0, 0.05) is 12.3 Å². The topological polar surface area (TPSA) is 35.5 Å². The molecule has 1 heterocycles. The molecule has 0 aromatic heterocycles. The van der Waals surface area contributed by atoms with Crippen LogP contribution in [0.5, 0.6) is 0 Å². The second-order valence-electron chi connectivity index (χ2n) is 3.86. The number of ether oxygens (including phenoxy) is 2. The van der Waals surface area contributed by atoms with Crippen molar-refractivity contribution in [2.75, 3.05) is 6.79 Å². The highest BCUT2D eigenvalue weighted by Crippen LogP contribution is 2.26. The third kappa shape index (κ3) is 3.07. The van der Waals surface area contributed by atoms with Crippen LogP contribution in [-0.2, 0) is 14.3 Å². The van der Waals surface area contributed by atoms with Crippen LogP contribution in [0, 0.1) is 11.8 Å². The van der Waals surface area contributed by atoms with Crippen molar-refractivity contribution in [2.45, 2.75) is 46.8 Å². The Morgan fingerprint density at radius 3 is 2.64 bits per heavy atom. The molecule has 3 nitrogen and oxygen atoms in total. The fourth-order valence-electron chi connectivity index (χ4n) is 1.76. The van der Waals surface area contributed by atoms with Crippen LogP contribution in [0.2, 0.25) is 0 Å². The van der Waals surface area contributed by atoms with E-state index in [-0.39, 0.29) is 19.6 Å². The molecule has 1 aliphatic rings. The first-order valence-electron chi connectivity index (χ1n) is 4.83. The molecule has 0 amide bonds. The maximum absolute atomic E-state index is 10.4. The number of rotatable bonds is 3. The number of aldehydes is 1. The van der Waals surface area contributed by atoms with Gasteiger partial charge >= 0.3 is 0 Å². The molecule has 0 bridgehead atoms. The van der Waals surface area contributed by atoms with Crippen molar-refractivity contribution in [3.8, 4) is 0 Å². The Kier molecular flexibility index (Phi) is 5.96. The quantitative estimate of drug-likeness (QED) is 0.658. The van der Waals surface area contributed by atoms with Gasteiger partial charge in [0.05, 0.1) is 12.2 Å². The minimum Gasteiger partial charge on any atom is -0.352 e. The predicted octanol–water partition coefficient (Wildman–Crippen LogP) is 2.25. The molecule has 1 aliphatic heterocycles. The minimum absolute atomic E-state index is 0. The van der Waals surface area contributed by atoms with Gasteiger partial charge in [-0.25, -0.2) is 0 Å². The summed E-state index contributed by atoms with van der Waals surface area (Å²) in [6.45, 7) is 6.57. The first-order chi connectivity index (χ1) is 6.16. The van der Waals surface area contributed by atoms with E-state index in [1.807, 2.05) is 13.8 Å². The zero-order valence-electron chi connectivity index (χ0n) is 8.53. The number of carbonyl (C=O) groups is 1. The van der Waals surface area contributed by atoms with Crippen LogP contribution in [0.25, 0.3) is 0 Å². The summed E-state index contributed by atoms with van der Waals surface area (Å²) >= 11 is 0. The van der Waals surface area contributed by atoms with E-state index in [2.05, 4.69) is 6.92 Å². The molecule has 0 spiro atoms. The van der Waals surface area contributed by atoms with Gasteiger partial charge in [-0.15, -0.1) is 0 Å². The lowest BCUT2D eigenvalue weighted by atomic mass is 9.87. The first-order valence-corrected chi connectivity index (χ1v) is 4.83. The molecule has 1 fully saturated rings. The lowest BCUT2D eigenvalue weighted by Gasteiger charge is -2.37. The Labute approximate surface area is 86.8 Å². The van der Waals surface area contributed by atoms with Crippen molar-refractivity contribution in [3.05, 3.63) is 0 Å². The van der Waals surface area contributed by atoms with E-state index in [9.17, 15) is 4.79 Å². The largest absolute Gasteiger partial charge is 0.352 e. The lowest BCUT2D eigenvalue weighted by Crippen LogP contribution is -2.42. The highest BCUT2D eigenvalue weighted by molar-refractivity contribution is 5.49. The summed E-state index contributed by atoms with van der Waals surface area (Å²) in [6.07, 6.45) is 1.92. The number of hydrogen-bond acceptors (Lipinski definition) is 3.